The lowest BCUT2D eigenvalue weighted by atomic mass is 10.2. The molecule has 2 aromatic rings. The quantitative estimate of drug-likeness (QED) is 0.548. The summed E-state index contributed by atoms with van der Waals surface area (Å²) >= 11 is 7.21. The Morgan fingerprint density at radius 1 is 1.08 bits per heavy atom. The Balaban J connectivity index is 1.71. The van der Waals surface area contributed by atoms with Gasteiger partial charge in [-0.05, 0) is 29.9 Å². The first-order valence-corrected chi connectivity index (χ1v) is 9.17. The first-order chi connectivity index (χ1) is 11.7. The van der Waals surface area contributed by atoms with E-state index in [-0.39, 0.29) is 0 Å². The Kier molecular flexibility index (Phi) is 7.71. The van der Waals surface area contributed by atoms with Crippen molar-refractivity contribution < 1.29 is 9.47 Å². The van der Waals surface area contributed by atoms with Crippen LogP contribution in [0.15, 0.2) is 48.5 Å². The molecule has 128 valence electrons. The molecule has 0 aliphatic heterocycles. The standard InChI is InChI=1S/C18H22N2O2S2/c1-21-15-8-9-16(17(12-15)22-2)20-18(23)19-10-11-24-13-14-6-4-3-5-7-14/h3-9,12H,10-11,13H2,1-2H3,(H2,19,20,23). The molecule has 0 atom stereocenters. The molecule has 0 spiro atoms. The van der Waals surface area contributed by atoms with Crippen molar-refractivity contribution in [3.05, 3.63) is 54.1 Å². The minimum atomic E-state index is 0.582. The fraction of sp³-hybridized carbons (Fsp3) is 0.278. The van der Waals surface area contributed by atoms with Crippen LogP contribution in [0.3, 0.4) is 0 Å². The highest BCUT2D eigenvalue weighted by atomic mass is 32.2. The fourth-order valence-electron chi connectivity index (χ4n) is 2.07. The van der Waals surface area contributed by atoms with Crippen LogP contribution in [0.5, 0.6) is 11.5 Å². The molecule has 0 aliphatic rings. The van der Waals surface area contributed by atoms with Crippen LogP contribution < -0.4 is 20.1 Å². The number of rotatable bonds is 8. The lowest BCUT2D eigenvalue weighted by Crippen LogP contribution is -2.30. The predicted octanol–water partition coefficient (Wildman–Crippen LogP) is 3.92. The average molecular weight is 363 g/mol. The van der Waals surface area contributed by atoms with Crippen LogP contribution in [-0.4, -0.2) is 31.6 Å². The topological polar surface area (TPSA) is 42.5 Å². The smallest absolute Gasteiger partial charge is 0.170 e. The molecular weight excluding hydrogens is 340 g/mol. The van der Waals surface area contributed by atoms with Gasteiger partial charge >= 0.3 is 0 Å². The summed E-state index contributed by atoms with van der Waals surface area (Å²) in [5.74, 6) is 3.43. The van der Waals surface area contributed by atoms with Crippen molar-refractivity contribution in [3.8, 4) is 11.5 Å². The Labute approximate surface area is 152 Å². The van der Waals surface area contributed by atoms with Crippen LogP contribution >= 0.6 is 24.0 Å². The summed E-state index contributed by atoms with van der Waals surface area (Å²) in [6, 6.07) is 16.0. The second kappa shape index (κ2) is 10.1. The van der Waals surface area contributed by atoms with E-state index in [2.05, 4.69) is 34.9 Å². The third kappa shape index (κ3) is 5.94. The van der Waals surface area contributed by atoms with Crippen molar-refractivity contribution in [1.82, 2.24) is 5.32 Å². The molecule has 2 aromatic carbocycles. The van der Waals surface area contributed by atoms with E-state index < -0.39 is 0 Å². The molecule has 0 amide bonds. The lowest BCUT2D eigenvalue weighted by molar-refractivity contribution is 0.395. The number of methoxy groups -OCH3 is 2. The van der Waals surface area contributed by atoms with E-state index in [1.807, 2.05) is 36.0 Å². The average Bonchev–Trinajstić information content (AvgIpc) is 2.62. The summed E-state index contributed by atoms with van der Waals surface area (Å²) < 4.78 is 10.5. The highest BCUT2D eigenvalue weighted by Crippen LogP contribution is 2.28. The first-order valence-electron chi connectivity index (χ1n) is 7.61. The summed E-state index contributed by atoms with van der Waals surface area (Å²) in [6.45, 7) is 0.807. The number of benzene rings is 2. The Bertz CT molecular complexity index is 651. The van der Waals surface area contributed by atoms with E-state index in [4.69, 9.17) is 21.7 Å². The van der Waals surface area contributed by atoms with Crippen molar-refractivity contribution in [2.45, 2.75) is 5.75 Å². The first kappa shape index (κ1) is 18.4. The van der Waals surface area contributed by atoms with Gasteiger partial charge in [-0.1, -0.05) is 30.3 Å². The van der Waals surface area contributed by atoms with Gasteiger partial charge in [-0.2, -0.15) is 11.8 Å². The molecule has 4 nitrogen and oxygen atoms in total. The summed E-state index contributed by atoms with van der Waals surface area (Å²) in [7, 11) is 3.25. The van der Waals surface area contributed by atoms with Crippen LogP contribution in [0, 0.1) is 0 Å². The zero-order valence-corrected chi connectivity index (χ0v) is 15.5. The summed E-state index contributed by atoms with van der Waals surface area (Å²) in [5.41, 5.74) is 2.15. The Morgan fingerprint density at radius 3 is 2.58 bits per heavy atom. The van der Waals surface area contributed by atoms with E-state index >= 15 is 0 Å². The molecule has 0 heterocycles. The van der Waals surface area contributed by atoms with Crippen LogP contribution in [0.1, 0.15) is 5.56 Å². The van der Waals surface area contributed by atoms with Crippen LogP contribution in [0.25, 0.3) is 0 Å². The van der Waals surface area contributed by atoms with Gasteiger partial charge in [-0.3, -0.25) is 0 Å². The lowest BCUT2D eigenvalue weighted by Gasteiger charge is -2.14. The highest BCUT2D eigenvalue weighted by molar-refractivity contribution is 7.98. The molecule has 24 heavy (non-hydrogen) atoms. The predicted molar refractivity (Wildman–Crippen MR) is 106 cm³/mol. The second-order valence-corrected chi connectivity index (χ2v) is 6.50. The number of hydrogen-bond acceptors (Lipinski definition) is 4. The molecule has 2 N–H and O–H groups in total. The summed E-state index contributed by atoms with van der Waals surface area (Å²) in [4.78, 5) is 0. The zero-order valence-electron chi connectivity index (χ0n) is 13.9. The monoisotopic (exact) mass is 362 g/mol. The molecule has 0 aliphatic carbocycles. The minimum Gasteiger partial charge on any atom is -0.497 e. The van der Waals surface area contributed by atoms with Gasteiger partial charge < -0.3 is 20.1 Å². The maximum atomic E-state index is 5.35. The van der Waals surface area contributed by atoms with Gasteiger partial charge in [0.05, 0.1) is 19.9 Å². The molecule has 0 unspecified atom stereocenters. The van der Waals surface area contributed by atoms with Crippen molar-refractivity contribution in [2.24, 2.45) is 0 Å². The van der Waals surface area contributed by atoms with Crippen LogP contribution in [-0.2, 0) is 5.75 Å². The minimum absolute atomic E-state index is 0.582. The van der Waals surface area contributed by atoms with Gasteiger partial charge in [0, 0.05) is 24.1 Å². The van der Waals surface area contributed by atoms with Gasteiger partial charge in [0.15, 0.2) is 5.11 Å². The molecule has 0 radical (unpaired) electrons. The summed E-state index contributed by atoms with van der Waals surface area (Å²) in [5, 5.41) is 6.94. The van der Waals surface area contributed by atoms with Gasteiger partial charge in [0.1, 0.15) is 11.5 Å². The third-order valence-corrected chi connectivity index (χ3v) is 4.58. The number of thiocarbonyl (C=S) groups is 1. The van der Waals surface area contributed by atoms with E-state index in [9.17, 15) is 0 Å². The Hall–Kier alpha value is -1.92. The van der Waals surface area contributed by atoms with Crippen molar-refractivity contribution in [1.29, 1.82) is 0 Å². The SMILES string of the molecule is COc1ccc(NC(=S)NCCSCc2ccccc2)c(OC)c1. The molecule has 2 rings (SSSR count). The van der Waals surface area contributed by atoms with Crippen molar-refractivity contribution in [3.63, 3.8) is 0 Å². The highest BCUT2D eigenvalue weighted by Gasteiger charge is 2.06. The number of anilines is 1. The van der Waals surface area contributed by atoms with Gasteiger partial charge in [0.25, 0.3) is 0 Å². The van der Waals surface area contributed by atoms with E-state index in [1.165, 1.54) is 5.56 Å². The van der Waals surface area contributed by atoms with Crippen molar-refractivity contribution in [2.75, 3.05) is 31.8 Å². The molecule has 0 fully saturated rings. The number of nitrogens with one attached hydrogen (secondary N) is 2. The normalized spacial score (nSPS) is 10.1. The van der Waals surface area contributed by atoms with Gasteiger partial charge in [-0.15, -0.1) is 0 Å². The maximum absolute atomic E-state index is 5.35. The maximum Gasteiger partial charge on any atom is 0.170 e. The molecule has 0 aromatic heterocycles. The molecule has 0 bridgehead atoms. The molecule has 0 saturated carbocycles. The molecular formula is C18H22N2O2S2. The Morgan fingerprint density at radius 2 is 1.88 bits per heavy atom. The van der Waals surface area contributed by atoms with E-state index in [0.29, 0.717) is 10.9 Å². The van der Waals surface area contributed by atoms with Gasteiger partial charge in [-0.25, -0.2) is 0 Å². The van der Waals surface area contributed by atoms with Crippen LogP contribution in [0.4, 0.5) is 5.69 Å². The zero-order chi connectivity index (χ0) is 17.2. The van der Waals surface area contributed by atoms with E-state index in [1.54, 1.807) is 14.2 Å². The largest absolute Gasteiger partial charge is 0.497 e. The van der Waals surface area contributed by atoms with Gasteiger partial charge in [0.2, 0.25) is 0 Å². The van der Waals surface area contributed by atoms with E-state index in [0.717, 1.165) is 29.5 Å². The van der Waals surface area contributed by atoms with Crippen molar-refractivity contribution >= 4 is 34.8 Å². The summed E-state index contributed by atoms with van der Waals surface area (Å²) in [6.07, 6.45) is 0. The van der Waals surface area contributed by atoms with Crippen LogP contribution in [0.2, 0.25) is 0 Å². The molecule has 6 heteroatoms. The fourth-order valence-corrected chi connectivity index (χ4v) is 3.10. The number of ether oxygens (including phenoxy) is 2. The number of thioether (sulfide) groups is 1. The molecule has 0 saturated heterocycles. The number of hydrogen-bond donors (Lipinski definition) is 2. The third-order valence-electron chi connectivity index (χ3n) is 3.30. The second-order valence-electron chi connectivity index (χ2n) is 4.99.